The molecule has 0 aliphatic heterocycles. The Balaban J connectivity index is 1.49. The Labute approximate surface area is 215 Å². The number of rotatable bonds is 8. The van der Waals surface area contributed by atoms with E-state index < -0.39 is 13.6 Å². The average Bonchev–Trinajstić information content (AvgIpc) is 3.59. The number of methoxy groups -OCH3 is 1. The van der Waals surface area contributed by atoms with Gasteiger partial charge < -0.3 is 19.3 Å². The molecular weight excluding hydrogens is 527 g/mol. The van der Waals surface area contributed by atoms with E-state index in [0.717, 1.165) is 23.3 Å². The first-order valence-electron chi connectivity index (χ1n) is 11.0. The van der Waals surface area contributed by atoms with Crippen molar-refractivity contribution in [3.8, 4) is 27.6 Å². The van der Waals surface area contributed by atoms with Crippen molar-refractivity contribution in [2.24, 2.45) is 5.92 Å². The molecule has 0 radical (unpaired) electrons. The number of benzene rings is 2. The van der Waals surface area contributed by atoms with Crippen molar-refractivity contribution in [1.29, 1.82) is 0 Å². The predicted molar refractivity (Wildman–Crippen MR) is 137 cm³/mol. The first-order valence-corrected chi connectivity index (χ1v) is 13.7. The van der Waals surface area contributed by atoms with Crippen molar-refractivity contribution in [2.75, 3.05) is 7.11 Å². The zero-order chi connectivity index (χ0) is 25.7. The topological polar surface area (TPSA) is 120 Å². The van der Waals surface area contributed by atoms with Crippen LogP contribution in [-0.2, 0) is 9.09 Å². The Kier molecular flexibility index (Phi) is 6.45. The van der Waals surface area contributed by atoms with E-state index in [2.05, 4.69) is 4.98 Å². The smallest absolute Gasteiger partial charge is 0.472 e. The molecule has 2 aromatic carbocycles. The molecule has 0 bridgehead atoms. The molecule has 2 heterocycles. The molecule has 1 fully saturated rings. The van der Waals surface area contributed by atoms with Gasteiger partial charge >= 0.3 is 7.82 Å². The number of phosphoric ester groups is 1. The lowest BCUT2D eigenvalue weighted by atomic mass is 10.2. The number of phosphoric acid groups is 1. The summed E-state index contributed by atoms with van der Waals surface area (Å²) in [7, 11) is -3.36. The van der Waals surface area contributed by atoms with Crippen LogP contribution in [0, 0.1) is 5.92 Å². The summed E-state index contributed by atoms with van der Waals surface area (Å²) in [5.74, 6) is -1.20. The minimum absolute atomic E-state index is 0.169. The number of hydrogen-bond donors (Lipinski definition) is 2. The Bertz CT molecular complexity index is 1540. The standard InChI is InChI=1S/C24H22ClN2O7PS/c1-24(15-5-6-15,34-35(29,30)31)33-19-10-9-17(11-20(19)32-2)27-13-26-18-12-21(36-22(18)23(27)28)14-3-7-16(25)8-4-14/h3-4,7-13,15H,5-6H2,1-2H3,(H2,29,30,31). The van der Waals surface area contributed by atoms with Gasteiger partial charge in [0.2, 0.25) is 5.79 Å². The number of fused-ring (bicyclic) bond motifs is 1. The van der Waals surface area contributed by atoms with Crippen LogP contribution in [0.15, 0.2) is 59.7 Å². The minimum Gasteiger partial charge on any atom is -0.493 e. The fourth-order valence-electron chi connectivity index (χ4n) is 3.98. The zero-order valence-corrected chi connectivity index (χ0v) is 21.7. The zero-order valence-electron chi connectivity index (χ0n) is 19.3. The van der Waals surface area contributed by atoms with Crippen LogP contribution in [0.3, 0.4) is 0 Å². The number of thiophene rings is 1. The highest BCUT2D eigenvalue weighted by Gasteiger charge is 2.49. The summed E-state index contributed by atoms with van der Waals surface area (Å²) in [5.41, 5.74) is 1.78. The van der Waals surface area contributed by atoms with Gasteiger partial charge in [0.1, 0.15) is 11.0 Å². The highest BCUT2D eigenvalue weighted by Crippen LogP contribution is 2.52. The third kappa shape index (κ3) is 5.06. The molecule has 12 heteroatoms. The van der Waals surface area contributed by atoms with Gasteiger partial charge in [-0.25, -0.2) is 14.1 Å². The first kappa shape index (κ1) is 25.0. The molecule has 1 aliphatic carbocycles. The number of ether oxygens (including phenoxy) is 2. The predicted octanol–water partition coefficient (Wildman–Crippen LogP) is 5.39. The molecule has 1 saturated carbocycles. The third-order valence-electron chi connectivity index (χ3n) is 5.92. The maximum Gasteiger partial charge on any atom is 0.472 e. The summed E-state index contributed by atoms with van der Waals surface area (Å²) in [6.07, 6.45) is 2.89. The quantitative estimate of drug-likeness (QED) is 0.222. The largest absolute Gasteiger partial charge is 0.493 e. The van der Waals surface area contributed by atoms with E-state index in [9.17, 15) is 19.1 Å². The lowest BCUT2D eigenvalue weighted by molar-refractivity contribution is -0.129. The molecule has 9 nitrogen and oxygen atoms in total. The molecule has 0 saturated heterocycles. The summed E-state index contributed by atoms with van der Waals surface area (Å²) >= 11 is 7.33. The van der Waals surface area contributed by atoms with Gasteiger partial charge in [0.05, 0.1) is 18.3 Å². The van der Waals surface area contributed by atoms with Crippen LogP contribution in [0.2, 0.25) is 5.02 Å². The minimum atomic E-state index is -4.80. The number of halogens is 1. The normalized spacial score (nSPS) is 15.6. The Morgan fingerprint density at radius 1 is 1.14 bits per heavy atom. The van der Waals surface area contributed by atoms with Crippen LogP contribution in [0.1, 0.15) is 19.8 Å². The lowest BCUT2D eigenvalue weighted by Crippen LogP contribution is -2.37. The van der Waals surface area contributed by atoms with Gasteiger partial charge in [-0.3, -0.25) is 9.36 Å². The number of aromatic nitrogens is 2. The van der Waals surface area contributed by atoms with Gasteiger partial charge in [0.25, 0.3) is 5.56 Å². The maximum absolute atomic E-state index is 13.3. The molecule has 0 amide bonds. The molecule has 1 aliphatic rings. The summed E-state index contributed by atoms with van der Waals surface area (Å²) in [6, 6.07) is 14.0. The molecule has 4 aromatic rings. The highest BCUT2D eigenvalue weighted by molar-refractivity contribution is 7.46. The molecular formula is C24H22ClN2O7PS. The summed E-state index contributed by atoms with van der Waals surface area (Å²) in [4.78, 5) is 37.4. The van der Waals surface area contributed by atoms with Crippen LogP contribution in [0.5, 0.6) is 11.5 Å². The Morgan fingerprint density at radius 3 is 2.50 bits per heavy atom. The fourth-order valence-corrected chi connectivity index (χ4v) is 5.81. The number of hydrogen-bond acceptors (Lipinski definition) is 7. The first-order chi connectivity index (χ1) is 17.1. The van der Waals surface area contributed by atoms with E-state index in [1.165, 1.54) is 36.3 Å². The summed E-state index contributed by atoms with van der Waals surface area (Å²) < 4.78 is 29.8. The van der Waals surface area contributed by atoms with Crippen LogP contribution in [0.4, 0.5) is 0 Å². The van der Waals surface area contributed by atoms with Crippen molar-refractivity contribution < 1.29 is 28.3 Å². The average molecular weight is 549 g/mol. The molecule has 36 heavy (non-hydrogen) atoms. The van der Waals surface area contributed by atoms with Gasteiger partial charge in [-0.1, -0.05) is 23.7 Å². The van der Waals surface area contributed by atoms with E-state index >= 15 is 0 Å². The second-order valence-corrected chi connectivity index (χ2v) is 11.2. The van der Waals surface area contributed by atoms with Gasteiger partial charge in [-0.15, -0.1) is 11.3 Å². The molecule has 0 spiro atoms. The van der Waals surface area contributed by atoms with Crippen LogP contribution in [-0.4, -0.2) is 32.2 Å². The summed E-state index contributed by atoms with van der Waals surface area (Å²) in [5, 5.41) is 0.632. The second-order valence-electron chi connectivity index (χ2n) is 8.56. The van der Waals surface area contributed by atoms with Gasteiger partial charge in [0.15, 0.2) is 11.5 Å². The van der Waals surface area contributed by atoms with Gasteiger partial charge in [0, 0.05) is 28.8 Å². The molecule has 2 N–H and O–H groups in total. The number of nitrogens with zero attached hydrogens (tertiary/aromatic N) is 2. The van der Waals surface area contributed by atoms with Gasteiger partial charge in [-0.05, 0) is 48.7 Å². The lowest BCUT2D eigenvalue weighted by Gasteiger charge is -2.31. The second kappa shape index (κ2) is 9.30. The Morgan fingerprint density at radius 2 is 1.86 bits per heavy atom. The van der Waals surface area contributed by atoms with Crippen LogP contribution >= 0.6 is 30.8 Å². The van der Waals surface area contributed by atoms with Crippen molar-refractivity contribution >= 4 is 41.0 Å². The Hall–Kier alpha value is -2.72. The molecule has 188 valence electrons. The van der Waals surface area contributed by atoms with Crippen molar-refractivity contribution in [2.45, 2.75) is 25.6 Å². The maximum atomic E-state index is 13.3. The van der Waals surface area contributed by atoms with Crippen molar-refractivity contribution in [3.63, 3.8) is 0 Å². The molecule has 1 atom stereocenters. The third-order valence-corrected chi connectivity index (χ3v) is 7.94. The molecule has 5 rings (SSSR count). The molecule has 1 unspecified atom stereocenters. The van der Waals surface area contributed by atoms with Crippen molar-refractivity contribution in [1.82, 2.24) is 9.55 Å². The van der Waals surface area contributed by atoms with E-state index in [4.69, 9.17) is 25.6 Å². The van der Waals surface area contributed by atoms with Crippen LogP contribution < -0.4 is 15.0 Å². The SMILES string of the molecule is COc1cc(-n2cnc3cc(-c4ccc(Cl)cc4)sc3c2=O)ccc1OC(C)(OP(=O)(O)O)C1CC1. The van der Waals surface area contributed by atoms with E-state index in [0.29, 0.717) is 20.9 Å². The van der Waals surface area contributed by atoms with E-state index in [1.54, 1.807) is 30.3 Å². The summed E-state index contributed by atoms with van der Waals surface area (Å²) in [6.45, 7) is 1.49. The van der Waals surface area contributed by atoms with Crippen LogP contribution in [0.25, 0.3) is 26.3 Å². The monoisotopic (exact) mass is 548 g/mol. The fraction of sp³-hybridized carbons (Fsp3) is 0.250. The highest BCUT2D eigenvalue weighted by atomic mass is 35.5. The van der Waals surface area contributed by atoms with Crippen molar-refractivity contribution in [3.05, 3.63) is 70.2 Å². The van der Waals surface area contributed by atoms with Gasteiger partial charge in [-0.2, -0.15) is 0 Å². The van der Waals surface area contributed by atoms with E-state index in [1.807, 2.05) is 18.2 Å². The van der Waals surface area contributed by atoms with E-state index in [-0.39, 0.29) is 23.0 Å². The molecule has 2 aromatic heterocycles.